The summed E-state index contributed by atoms with van der Waals surface area (Å²) in [5, 5.41) is 20.5. The lowest BCUT2D eigenvalue weighted by Crippen LogP contribution is -2.19. The topological polar surface area (TPSA) is 88.0 Å². The predicted octanol–water partition coefficient (Wildman–Crippen LogP) is 7.50. The van der Waals surface area contributed by atoms with Gasteiger partial charge in [-0.15, -0.1) is 0 Å². The Labute approximate surface area is 192 Å². The summed E-state index contributed by atoms with van der Waals surface area (Å²) < 4.78 is 25.8. The summed E-state index contributed by atoms with van der Waals surface area (Å²) in [6.07, 6.45) is 1.22. The van der Waals surface area contributed by atoms with Gasteiger partial charge in [-0.2, -0.15) is 4.62 Å². The zero-order valence-electron chi connectivity index (χ0n) is 20.5. The number of phenols is 2. The fraction of sp³-hybridized carbons (Fsp3) is 0.520. The van der Waals surface area contributed by atoms with E-state index < -0.39 is 7.60 Å². The van der Waals surface area contributed by atoms with E-state index in [0.717, 1.165) is 11.1 Å². The van der Waals surface area contributed by atoms with Crippen LogP contribution in [0.5, 0.6) is 17.2 Å². The molecule has 178 valence electrons. The quantitative estimate of drug-likeness (QED) is 0.213. The van der Waals surface area contributed by atoms with Gasteiger partial charge < -0.3 is 14.7 Å². The van der Waals surface area contributed by atoms with Gasteiger partial charge in [-0.1, -0.05) is 55.4 Å². The van der Waals surface area contributed by atoms with Crippen molar-refractivity contribution in [1.82, 2.24) is 0 Å². The average Bonchev–Trinajstić information content (AvgIpc) is 2.68. The smallest absolute Gasteiger partial charge is 0.403 e. The minimum absolute atomic E-state index is 0.128. The third-order valence-electron chi connectivity index (χ3n) is 5.48. The molecule has 0 saturated heterocycles. The maximum Gasteiger partial charge on any atom is 0.403 e. The first-order valence-corrected chi connectivity index (χ1v) is 12.7. The van der Waals surface area contributed by atoms with Gasteiger partial charge in [0.05, 0.1) is 11.3 Å². The molecule has 0 fully saturated rings. The molecule has 0 aliphatic heterocycles. The molecule has 3 N–H and O–H groups in total. The lowest BCUT2D eigenvalue weighted by atomic mass is 9.79. The van der Waals surface area contributed by atoms with Crippen LogP contribution in [-0.2, 0) is 20.0 Å². The van der Waals surface area contributed by atoms with Crippen LogP contribution < -0.4 is 10.0 Å². The fourth-order valence-electron chi connectivity index (χ4n) is 3.50. The van der Waals surface area contributed by atoms with Gasteiger partial charge in [0, 0.05) is 11.1 Å². The molecular formula is C25H38NO5P. The van der Waals surface area contributed by atoms with Crippen LogP contribution in [0, 0.1) is 0 Å². The highest BCUT2D eigenvalue weighted by Crippen LogP contribution is 2.56. The number of hydrogen-bond donors (Lipinski definition) is 3. The molecular weight excluding hydrogens is 425 g/mol. The van der Waals surface area contributed by atoms with Crippen LogP contribution in [0.15, 0.2) is 36.4 Å². The van der Waals surface area contributed by atoms with Crippen LogP contribution in [0.25, 0.3) is 0 Å². The van der Waals surface area contributed by atoms with Gasteiger partial charge in [0.15, 0.2) is 0 Å². The van der Waals surface area contributed by atoms with Crippen molar-refractivity contribution in [2.75, 3.05) is 5.48 Å². The number of aromatic hydroxyl groups is 2. The molecule has 6 nitrogen and oxygen atoms in total. The number of nitrogens with one attached hydrogen (secondary N) is 1. The van der Waals surface area contributed by atoms with E-state index in [1.807, 2.05) is 55.4 Å². The monoisotopic (exact) mass is 463 g/mol. The van der Waals surface area contributed by atoms with E-state index in [4.69, 9.17) is 9.15 Å². The van der Waals surface area contributed by atoms with Crippen LogP contribution >= 0.6 is 7.60 Å². The molecule has 32 heavy (non-hydrogen) atoms. The molecule has 0 radical (unpaired) electrons. The number of anilines is 1. The molecule has 2 rings (SSSR count). The van der Waals surface area contributed by atoms with Gasteiger partial charge in [-0.05, 0) is 60.1 Å². The largest absolute Gasteiger partial charge is 0.508 e. The summed E-state index contributed by atoms with van der Waals surface area (Å²) in [7, 11) is -3.64. The van der Waals surface area contributed by atoms with E-state index in [2.05, 4.69) is 5.48 Å². The third kappa shape index (κ3) is 6.20. The molecule has 2 aromatic carbocycles. The Morgan fingerprint density at radius 1 is 0.906 bits per heavy atom. The van der Waals surface area contributed by atoms with Gasteiger partial charge in [0.25, 0.3) is 0 Å². The number of rotatable bonds is 8. The van der Waals surface area contributed by atoms with Gasteiger partial charge in [-0.25, -0.2) is 4.57 Å². The maximum absolute atomic E-state index is 14.0. The normalized spacial score (nSPS) is 14.3. The van der Waals surface area contributed by atoms with Crippen molar-refractivity contribution in [1.29, 1.82) is 0 Å². The fourth-order valence-corrected chi connectivity index (χ4v) is 5.36. The van der Waals surface area contributed by atoms with Crippen molar-refractivity contribution in [2.45, 2.75) is 84.7 Å². The molecule has 2 aromatic rings. The van der Waals surface area contributed by atoms with Gasteiger partial charge in [0.1, 0.15) is 17.2 Å². The van der Waals surface area contributed by atoms with Crippen molar-refractivity contribution in [2.24, 2.45) is 0 Å². The van der Waals surface area contributed by atoms with Gasteiger partial charge in [0.2, 0.25) is 0 Å². The third-order valence-corrected chi connectivity index (χ3v) is 7.92. The summed E-state index contributed by atoms with van der Waals surface area (Å²) in [6.45, 7) is 16.0. The van der Waals surface area contributed by atoms with Gasteiger partial charge in [-0.3, -0.25) is 5.48 Å². The van der Waals surface area contributed by atoms with E-state index in [1.54, 1.807) is 24.3 Å². The molecule has 7 heteroatoms. The number of hydrogen-bond acceptors (Lipinski definition) is 6. The average molecular weight is 464 g/mol. The van der Waals surface area contributed by atoms with Crippen molar-refractivity contribution >= 4 is 13.3 Å². The van der Waals surface area contributed by atoms with Crippen LogP contribution in [-0.4, -0.2) is 15.9 Å². The van der Waals surface area contributed by atoms with E-state index >= 15 is 0 Å². The highest BCUT2D eigenvalue weighted by atomic mass is 31.2. The first kappa shape index (κ1) is 26.1. The second-order valence-electron chi connectivity index (χ2n) is 10.2. The van der Waals surface area contributed by atoms with E-state index in [1.165, 1.54) is 12.1 Å². The maximum atomic E-state index is 14.0. The van der Waals surface area contributed by atoms with Crippen molar-refractivity contribution in [3.05, 3.63) is 47.5 Å². The first-order valence-electron chi connectivity index (χ1n) is 11.1. The first-order chi connectivity index (χ1) is 14.7. The zero-order chi connectivity index (χ0) is 24.3. The van der Waals surface area contributed by atoms with E-state index in [0.29, 0.717) is 24.3 Å². The minimum Gasteiger partial charge on any atom is -0.508 e. The summed E-state index contributed by atoms with van der Waals surface area (Å²) in [6, 6.07) is 9.79. The minimum atomic E-state index is -3.64. The van der Waals surface area contributed by atoms with Crippen LogP contribution in [0.3, 0.4) is 0 Å². The predicted molar refractivity (Wildman–Crippen MR) is 131 cm³/mol. The van der Waals surface area contributed by atoms with Crippen molar-refractivity contribution in [3.8, 4) is 17.2 Å². The van der Waals surface area contributed by atoms with E-state index in [9.17, 15) is 14.8 Å². The van der Waals surface area contributed by atoms with Crippen molar-refractivity contribution < 1.29 is 23.9 Å². The Bertz CT molecular complexity index is 919. The molecule has 0 aliphatic carbocycles. The Kier molecular flexibility index (Phi) is 7.96. The number of phenolic OH excluding ortho intramolecular Hbond substituents is 2. The molecule has 0 heterocycles. The lowest BCUT2D eigenvalue weighted by molar-refractivity contribution is 0.302. The number of benzene rings is 2. The molecule has 1 atom stereocenters. The summed E-state index contributed by atoms with van der Waals surface area (Å²) in [4.78, 5) is 0. The Balaban J connectivity index is 2.50. The zero-order valence-corrected chi connectivity index (χ0v) is 21.4. The standard InChI is InChI=1S/C25H38NO5P/c1-9-20(10-2)32(29,31-26-17-11-13-18(27)14-12-17)30-19-15-21(24(3,4)5)23(28)22(16-19)25(6,7)8/h11-16,20,26-28H,9-10H2,1-8H3. The van der Waals surface area contributed by atoms with Crippen LogP contribution in [0.2, 0.25) is 0 Å². The molecule has 0 amide bonds. The van der Waals surface area contributed by atoms with Crippen molar-refractivity contribution in [3.63, 3.8) is 0 Å². The van der Waals surface area contributed by atoms with Crippen LogP contribution in [0.1, 0.15) is 79.4 Å². The molecule has 0 spiro atoms. The molecule has 1 unspecified atom stereocenters. The molecule has 0 bridgehead atoms. The SMILES string of the molecule is CCC(CC)P(=O)(ONc1ccc(O)cc1)Oc1cc(C(C)(C)C)c(O)c(C(C)(C)C)c1. The lowest BCUT2D eigenvalue weighted by Gasteiger charge is -2.30. The molecule has 0 saturated carbocycles. The highest BCUT2D eigenvalue weighted by Gasteiger charge is 2.37. The van der Waals surface area contributed by atoms with Gasteiger partial charge >= 0.3 is 7.60 Å². The molecule has 0 aliphatic rings. The summed E-state index contributed by atoms with van der Waals surface area (Å²) >= 11 is 0. The van der Waals surface area contributed by atoms with Crippen LogP contribution in [0.4, 0.5) is 5.69 Å². The summed E-state index contributed by atoms with van der Waals surface area (Å²) in [5.41, 5.74) is 3.73. The highest BCUT2D eigenvalue weighted by molar-refractivity contribution is 7.55. The second-order valence-corrected chi connectivity index (χ2v) is 12.4. The Hall–Kier alpha value is -2.17. The Morgan fingerprint density at radius 3 is 1.78 bits per heavy atom. The Morgan fingerprint density at radius 2 is 1.38 bits per heavy atom. The second kappa shape index (κ2) is 9.76. The molecule has 0 aromatic heterocycles. The summed E-state index contributed by atoms with van der Waals surface area (Å²) in [5.74, 6) is 0.765. The van der Waals surface area contributed by atoms with E-state index in [-0.39, 0.29) is 28.0 Å².